The molecule has 0 unspecified atom stereocenters. The number of para-hydroxylation sites is 7. The van der Waals surface area contributed by atoms with E-state index in [0.717, 1.165) is 74.9 Å². The Morgan fingerprint density at radius 1 is 0.282 bits per heavy atom. The topological polar surface area (TPSA) is 21.3 Å². The third-order valence-electron chi connectivity index (χ3n) is 14.4. The molecule has 0 bridgehead atoms. The van der Waals surface area contributed by atoms with Gasteiger partial charge in [-0.3, -0.25) is 0 Å². The first-order valence-electron chi connectivity index (χ1n) is 24.6. The number of hydrogen-bond donors (Lipinski definition) is 0. The van der Waals surface area contributed by atoms with Gasteiger partial charge >= 0.3 is 0 Å². The molecule has 336 valence electrons. The zero-order valence-corrected chi connectivity index (χ0v) is 39.0. The predicted molar refractivity (Wildman–Crippen MR) is 300 cm³/mol. The van der Waals surface area contributed by atoms with Gasteiger partial charge in [0, 0.05) is 66.5 Å². The Labute approximate surface area is 411 Å². The van der Waals surface area contributed by atoms with E-state index in [2.05, 4.69) is 284 Å². The van der Waals surface area contributed by atoms with Gasteiger partial charge in [0.05, 0.1) is 50.2 Å². The van der Waals surface area contributed by atoms with Crippen LogP contribution in [0.15, 0.2) is 261 Å². The molecule has 0 radical (unpaired) electrons. The Morgan fingerprint density at radius 3 is 1.15 bits per heavy atom. The first-order valence-corrected chi connectivity index (χ1v) is 24.6. The molecule has 71 heavy (non-hydrogen) atoms. The van der Waals surface area contributed by atoms with Gasteiger partial charge in [0.1, 0.15) is 0 Å². The lowest BCUT2D eigenvalue weighted by molar-refractivity contribution is 0.979. The molecule has 0 aliphatic heterocycles. The van der Waals surface area contributed by atoms with Gasteiger partial charge in [0.25, 0.3) is 0 Å². The Bertz CT molecular complexity index is 4180. The Kier molecular flexibility index (Phi) is 9.59. The molecule has 10 aromatic carbocycles. The first kappa shape index (κ1) is 40.7. The second kappa shape index (κ2) is 16.7. The van der Waals surface area contributed by atoms with E-state index in [1.807, 2.05) is 0 Å². The molecule has 14 rings (SSSR count). The van der Waals surface area contributed by atoms with Crippen LogP contribution in [0.2, 0.25) is 0 Å². The van der Waals surface area contributed by atoms with Crippen molar-refractivity contribution in [3.8, 4) is 11.4 Å². The van der Waals surface area contributed by atoms with E-state index in [4.69, 9.17) is 0 Å². The lowest BCUT2D eigenvalue weighted by Gasteiger charge is -2.30. The molecule has 0 amide bonds. The highest BCUT2D eigenvalue weighted by Crippen LogP contribution is 2.46. The fraction of sp³-hybridized carbons (Fsp3) is 0.0303. The van der Waals surface area contributed by atoms with E-state index in [-0.39, 0.29) is 0 Å². The molecule has 1 aliphatic carbocycles. The molecule has 0 saturated carbocycles. The molecule has 1 aliphatic rings. The summed E-state index contributed by atoms with van der Waals surface area (Å²) >= 11 is 0. The summed E-state index contributed by atoms with van der Waals surface area (Å²) in [5, 5.41) is 7.32. The summed E-state index contributed by atoms with van der Waals surface area (Å²) in [7, 11) is 0. The molecular weight excluding hydrogens is 863 g/mol. The zero-order valence-electron chi connectivity index (χ0n) is 39.0. The van der Waals surface area contributed by atoms with Crippen LogP contribution in [0.4, 0.5) is 34.1 Å². The molecule has 0 fully saturated rings. The van der Waals surface area contributed by atoms with E-state index < -0.39 is 0 Å². The molecule has 13 aromatic rings. The maximum atomic E-state index is 2.47. The van der Waals surface area contributed by atoms with Crippen LogP contribution in [0.5, 0.6) is 0 Å². The molecule has 0 saturated heterocycles. The molecule has 0 atom stereocenters. The van der Waals surface area contributed by atoms with Crippen LogP contribution in [0.3, 0.4) is 0 Å². The number of allylic oxidation sites excluding steroid dienone is 4. The first-order chi connectivity index (χ1) is 35.2. The van der Waals surface area contributed by atoms with E-state index in [9.17, 15) is 0 Å². The fourth-order valence-corrected chi connectivity index (χ4v) is 11.4. The Hall–Kier alpha value is -9.32. The van der Waals surface area contributed by atoms with Gasteiger partial charge in [-0.15, -0.1) is 0 Å². The van der Waals surface area contributed by atoms with Crippen molar-refractivity contribution < 1.29 is 0 Å². The number of rotatable bonds is 9. The third kappa shape index (κ3) is 6.69. The number of aromatic nitrogens is 3. The highest BCUT2D eigenvalue weighted by molar-refractivity contribution is 6.13. The fourth-order valence-electron chi connectivity index (χ4n) is 11.4. The molecular formula is C66H47N5. The molecule has 0 spiro atoms. The van der Waals surface area contributed by atoms with Crippen LogP contribution in [0.1, 0.15) is 12.8 Å². The summed E-state index contributed by atoms with van der Waals surface area (Å²) in [6.07, 6.45) is 8.78. The SMILES string of the molecule is C1=CCCC(n2c3ccccc3c3cc(N(c4ccccc4)c4cc(N(c5ccccc5)c5ccc6c(c5)c5ccccc5n6-c5ccccc5)cc(-n5c6ccccc6c6ccccc65)c4)ccc32)=C1. The lowest BCUT2D eigenvalue weighted by Crippen LogP contribution is -2.14. The largest absolute Gasteiger partial charge is 0.313 e. The van der Waals surface area contributed by atoms with Crippen LogP contribution >= 0.6 is 0 Å². The Balaban J connectivity index is 1.05. The van der Waals surface area contributed by atoms with Crippen molar-refractivity contribution in [1.29, 1.82) is 0 Å². The molecule has 3 heterocycles. The minimum absolute atomic E-state index is 1.00. The maximum Gasteiger partial charge on any atom is 0.0542 e. The van der Waals surface area contributed by atoms with E-state index in [0.29, 0.717) is 0 Å². The van der Waals surface area contributed by atoms with Crippen LogP contribution < -0.4 is 9.80 Å². The Morgan fingerprint density at radius 2 is 0.676 bits per heavy atom. The minimum atomic E-state index is 1.00. The van der Waals surface area contributed by atoms with Gasteiger partial charge in [-0.05, 0) is 134 Å². The van der Waals surface area contributed by atoms with Crippen molar-refractivity contribution in [2.75, 3.05) is 9.80 Å². The number of nitrogens with zero attached hydrogens (tertiary/aromatic N) is 5. The average molecular weight is 910 g/mol. The monoisotopic (exact) mass is 909 g/mol. The van der Waals surface area contributed by atoms with Crippen LogP contribution in [-0.4, -0.2) is 13.7 Å². The normalized spacial score (nSPS) is 12.7. The molecule has 5 heteroatoms. The smallest absolute Gasteiger partial charge is 0.0542 e. The minimum Gasteiger partial charge on any atom is -0.313 e. The van der Waals surface area contributed by atoms with Crippen molar-refractivity contribution in [3.05, 3.63) is 261 Å². The van der Waals surface area contributed by atoms with Gasteiger partial charge in [0.2, 0.25) is 0 Å². The van der Waals surface area contributed by atoms with Gasteiger partial charge < -0.3 is 23.5 Å². The summed E-state index contributed by atoms with van der Waals surface area (Å²) in [6, 6.07) is 88.8. The molecule has 3 aromatic heterocycles. The summed E-state index contributed by atoms with van der Waals surface area (Å²) in [5.41, 5.74) is 17.0. The quantitative estimate of drug-likeness (QED) is 0.144. The highest BCUT2D eigenvalue weighted by atomic mass is 15.2. The molecule has 5 nitrogen and oxygen atoms in total. The summed E-state index contributed by atoms with van der Waals surface area (Å²) < 4.78 is 7.30. The number of hydrogen-bond acceptors (Lipinski definition) is 2. The van der Waals surface area contributed by atoms with Crippen molar-refractivity contribution in [1.82, 2.24) is 13.7 Å². The molecule has 0 N–H and O–H groups in total. The lowest BCUT2D eigenvalue weighted by atomic mass is 10.1. The number of fused-ring (bicyclic) bond motifs is 9. The van der Waals surface area contributed by atoms with Gasteiger partial charge in [-0.25, -0.2) is 0 Å². The van der Waals surface area contributed by atoms with Gasteiger partial charge in [-0.1, -0.05) is 140 Å². The summed E-state index contributed by atoms with van der Waals surface area (Å²) in [6.45, 7) is 0. The van der Waals surface area contributed by atoms with Crippen molar-refractivity contribution in [2.45, 2.75) is 12.8 Å². The number of benzene rings is 10. The third-order valence-corrected chi connectivity index (χ3v) is 14.4. The summed E-state index contributed by atoms with van der Waals surface area (Å²) in [5.74, 6) is 0. The average Bonchev–Trinajstić information content (AvgIpc) is 4.08. The van der Waals surface area contributed by atoms with E-state index >= 15 is 0 Å². The second-order valence-electron chi connectivity index (χ2n) is 18.5. The second-order valence-corrected chi connectivity index (χ2v) is 18.5. The summed E-state index contributed by atoms with van der Waals surface area (Å²) in [4.78, 5) is 4.87. The number of anilines is 6. The standard InChI is InChI=1S/C66H47N5/c1-5-21-46(22-6-1)67(50-37-39-65-59(44-50)57-31-15-19-35-63(57)69(65)48-25-9-3-10-26-48)52-41-53(43-54(42-52)71-61-33-17-13-29-55(61)56-30-14-18-34-62(56)71)68(47-23-7-2-8-24-47)51-38-40-66-60(45-51)58-32-16-20-36-64(58)70(66)49-27-11-4-12-28-49/h1-11,13-27,29-45H,12,28H2. The van der Waals surface area contributed by atoms with Crippen LogP contribution in [0, 0.1) is 0 Å². The highest BCUT2D eigenvalue weighted by Gasteiger charge is 2.24. The maximum absolute atomic E-state index is 2.47. The zero-order chi connectivity index (χ0) is 46.8. The van der Waals surface area contributed by atoms with Crippen LogP contribution in [-0.2, 0) is 0 Å². The van der Waals surface area contributed by atoms with Crippen LogP contribution in [0.25, 0.3) is 82.5 Å². The van der Waals surface area contributed by atoms with E-state index in [1.54, 1.807) is 0 Å². The van der Waals surface area contributed by atoms with Crippen molar-refractivity contribution in [3.63, 3.8) is 0 Å². The van der Waals surface area contributed by atoms with Crippen molar-refractivity contribution >= 4 is 105 Å². The van der Waals surface area contributed by atoms with Gasteiger partial charge in [0.15, 0.2) is 0 Å². The van der Waals surface area contributed by atoms with E-state index in [1.165, 1.54) is 54.6 Å². The predicted octanol–water partition coefficient (Wildman–Crippen LogP) is 18.1. The van der Waals surface area contributed by atoms with Gasteiger partial charge in [-0.2, -0.15) is 0 Å². The van der Waals surface area contributed by atoms with Crippen molar-refractivity contribution in [2.24, 2.45) is 0 Å².